The van der Waals surface area contributed by atoms with Gasteiger partial charge in [0.2, 0.25) is 5.91 Å². The molecule has 496 valence electrons. The summed E-state index contributed by atoms with van der Waals surface area (Å²) in [6.07, 6.45) is 57.1. The lowest BCUT2D eigenvalue weighted by Crippen LogP contribution is -2.65. The lowest BCUT2D eigenvalue weighted by molar-refractivity contribution is -0.359. The number of hydrogen-bond donors (Lipinski definition) is 9. The highest BCUT2D eigenvalue weighted by atomic mass is 16.7. The van der Waals surface area contributed by atoms with Gasteiger partial charge in [0, 0.05) is 6.42 Å². The molecule has 0 aliphatic carbocycles. The van der Waals surface area contributed by atoms with Gasteiger partial charge in [-0.1, -0.05) is 274 Å². The molecule has 0 aromatic heterocycles. The second kappa shape index (κ2) is 55.7. The van der Waals surface area contributed by atoms with E-state index >= 15 is 0 Å². The van der Waals surface area contributed by atoms with Crippen LogP contribution in [0.15, 0.2) is 60.8 Å². The SMILES string of the molecule is CCCCCCC/C=C\C/C=C\C/C=C\CCCCCCCCC(=O)NC(COC1OC(CO)C(OC2OC(CO)C(O)C(O)C2O)C(O)C1O)C(O)/C=C/CC/C=C/CCCCCCCCCCCCCCCCCCCCCCCCCC. The minimum Gasteiger partial charge on any atom is -0.394 e. The van der Waals surface area contributed by atoms with Crippen LogP contribution in [0.3, 0.4) is 0 Å². The minimum atomic E-state index is -1.80. The van der Waals surface area contributed by atoms with Crippen LogP contribution in [0.1, 0.15) is 290 Å². The van der Waals surface area contributed by atoms with Gasteiger partial charge in [-0.2, -0.15) is 0 Å². The van der Waals surface area contributed by atoms with Crippen molar-refractivity contribution in [1.29, 1.82) is 0 Å². The maximum absolute atomic E-state index is 13.3. The number of hydrogen-bond acceptors (Lipinski definition) is 13. The number of allylic oxidation sites excluding steroid dienone is 9. The van der Waals surface area contributed by atoms with Gasteiger partial charge in [-0.3, -0.25) is 4.79 Å². The molecular weight excluding hydrogens is 1070 g/mol. The topological polar surface area (TPSA) is 228 Å². The zero-order chi connectivity index (χ0) is 61.6. The Kier molecular flexibility index (Phi) is 51.7. The fraction of sp³-hybridized carbons (Fsp3) is 0.845. The van der Waals surface area contributed by atoms with Crippen LogP contribution in [0.5, 0.6) is 0 Å². The standard InChI is InChI=1S/C71H129NO13/c1-3-5-7-9-11-13-15-17-19-21-23-25-26-27-28-29-30-31-32-33-35-36-38-40-42-44-46-48-50-52-54-60(75)59(58-82-70-68(81)66(79)69(62(57-74)84-70)85-71-67(80)65(78)64(77)61(56-73)83-71)72-63(76)55-53-51-49-47-45-43-41-39-37-34-24-22-20-18-16-14-12-10-8-6-4-2/h16,18,22,24,37,39,44,46,52,54,59-62,64-71,73-75,77-81H,3-15,17,19-21,23,25-36,38,40-43,45,47-51,53,55-58H2,1-2H3,(H,72,76)/b18-16-,24-22-,39-37-,46-44+,54-52+. The predicted molar refractivity (Wildman–Crippen MR) is 346 cm³/mol. The number of rotatable bonds is 57. The van der Waals surface area contributed by atoms with Gasteiger partial charge in [-0.25, -0.2) is 0 Å². The summed E-state index contributed by atoms with van der Waals surface area (Å²) in [6, 6.07) is -0.943. The average molecular weight is 1200 g/mol. The number of amides is 1. The smallest absolute Gasteiger partial charge is 0.220 e. The van der Waals surface area contributed by atoms with Crippen LogP contribution >= 0.6 is 0 Å². The maximum atomic E-state index is 13.3. The molecule has 2 heterocycles. The lowest BCUT2D eigenvalue weighted by atomic mass is 9.97. The Morgan fingerprint density at radius 3 is 1.24 bits per heavy atom. The number of unbranched alkanes of at least 4 members (excludes halogenated alkanes) is 36. The van der Waals surface area contributed by atoms with Gasteiger partial charge < -0.3 is 65.1 Å². The summed E-state index contributed by atoms with van der Waals surface area (Å²) in [5.41, 5.74) is 0. The normalized spacial score (nSPS) is 23.9. The van der Waals surface area contributed by atoms with Crippen LogP contribution in [-0.2, 0) is 23.7 Å². The first-order chi connectivity index (χ1) is 41.6. The number of ether oxygens (including phenoxy) is 4. The van der Waals surface area contributed by atoms with Gasteiger partial charge in [-0.15, -0.1) is 0 Å². The second-order valence-corrected chi connectivity index (χ2v) is 24.6. The molecule has 14 heteroatoms. The molecule has 0 saturated carbocycles. The molecular formula is C71H129NO13. The van der Waals surface area contributed by atoms with Crippen LogP contribution < -0.4 is 5.32 Å². The van der Waals surface area contributed by atoms with Gasteiger partial charge >= 0.3 is 0 Å². The van der Waals surface area contributed by atoms with Crippen molar-refractivity contribution < 1.29 is 64.6 Å². The number of aliphatic hydroxyl groups excluding tert-OH is 8. The molecule has 12 atom stereocenters. The Morgan fingerprint density at radius 1 is 0.424 bits per heavy atom. The number of aliphatic hydroxyl groups is 8. The zero-order valence-corrected chi connectivity index (χ0v) is 53.8. The van der Waals surface area contributed by atoms with E-state index in [1.54, 1.807) is 6.08 Å². The van der Waals surface area contributed by atoms with Crippen molar-refractivity contribution in [3.05, 3.63) is 60.8 Å². The van der Waals surface area contributed by atoms with Crippen molar-refractivity contribution in [1.82, 2.24) is 5.32 Å². The molecule has 9 N–H and O–H groups in total. The third-order valence-corrected chi connectivity index (χ3v) is 16.9. The van der Waals surface area contributed by atoms with E-state index in [1.165, 1.54) is 193 Å². The van der Waals surface area contributed by atoms with Crippen LogP contribution in [0, 0.1) is 0 Å². The Bertz CT molecular complexity index is 1660. The molecule has 0 aromatic rings. The largest absolute Gasteiger partial charge is 0.394 e. The Morgan fingerprint density at radius 2 is 0.788 bits per heavy atom. The van der Waals surface area contributed by atoms with E-state index in [9.17, 15) is 45.6 Å². The summed E-state index contributed by atoms with van der Waals surface area (Å²) in [5, 5.41) is 87.4. The molecule has 1 amide bonds. The molecule has 0 spiro atoms. The van der Waals surface area contributed by atoms with E-state index in [0.29, 0.717) is 12.8 Å². The molecule has 2 fully saturated rings. The van der Waals surface area contributed by atoms with E-state index < -0.39 is 86.8 Å². The second-order valence-electron chi connectivity index (χ2n) is 24.6. The van der Waals surface area contributed by atoms with Crippen LogP contribution in [0.4, 0.5) is 0 Å². The van der Waals surface area contributed by atoms with Gasteiger partial charge in [0.15, 0.2) is 12.6 Å². The first kappa shape index (κ1) is 78.8. The highest BCUT2D eigenvalue weighted by Crippen LogP contribution is 2.30. The van der Waals surface area contributed by atoms with E-state index in [-0.39, 0.29) is 18.9 Å². The van der Waals surface area contributed by atoms with Crippen molar-refractivity contribution in [3.8, 4) is 0 Å². The molecule has 85 heavy (non-hydrogen) atoms. The zero-order valence-electron chi connectivity index (χ0n) is 53.8. The molecule has 0 bridgehead atoms. The summed E-state index contributed by atoms with van der Waals surface area (Å²) in [4.78, 5) is 13.3. The quantitative estimate of drug-likeness (QED) is 0.0204. The molecule has 2 aliphatic heterocycles. The molecule has 2 saturated heterocycles. The summed E-state index contributed by atoms with van der Waals surface area (Å²) in [7, 11) is 0. The summed E-state index contributed by atoms with van der Waals surface area (Å²) in [5.74, 6) is -0.260. The van der Waals surface area contributed by atoms with Crippen LogP contribution in [0.25, 0.3) is 0 Å². The fourth-order valence-corrected chi connectivity index (χ4v) is 11.3. The third-order valence-electron chi connectivity index (χ3n) is 16.9. The van der Waals surface area contributed by atoms with Crippen LogP contribution in [-0.4, -0.2) is 140 Å². The van der Waals surface area contributed by atoms with Gasteiger partial charge in [-0.05, 0) is 70.6 Å². The van der Waals surface area contributed by atoms with E-state index in [1.807, 2.05) is 6.08 Å². The monoisotopic (exact) mass is 1200 g/mol. The fourth-order valence-electron chi connectivity index (χ4n) is 11.3. The minimum absolute atomic E-state index is 0.257. The third kappa shape index (κ3) is 40.1. The molecule has 2 aliphatic rings. The first-order valence-corrected chi connectivity index (χ1v) is 35.0. The summed E-state index contributed by atoms with van der Waals surface area (Å²) in [6.45, 7) is 2.79. The molecule has 12 unspecified atom stereocenters. The van der Waals surface area contributed by atoms with Crippen molar-refractivity contribution in [2.24, 2.45) is 0 Å². The van der Waals surface area contributed by atoms with Gasteiger partial charge in [0.05, 0.1) is 32.0 Å². The number of carbonyl (C=O) groups excluding carboxylic acids is 1. The van der Waals surface area contributed by atoms with E-state index in [2.05, 4.69) is 67.8 Å². The molecule has 14 nitrogen and oxygen atoms in total. The molecule has 2 rings (SSSR count). The molecule has 0 radical (unpaired) electrons. The Hall–Kier alpha value is -2.31. The Labute approximate surface area is 517 Å². The highest BCUT2D eigenvalue weighted by Gasteiger charge is 2.51. The van der Waals surface area contributed by atoms with Gasteiger partial charge in [0.1, 0.15) is 48.8 Å². The Balaban J connectivity index is 1.70. The maximum Gasteiger partial charge on any atom is 0.220 e. The summed E-state index contributed by atoms with van der Waals surface area (Å²) >= 11 is 0. The van der Waals surface area contributed by atoms with E-state index in [0.717, 1.165) is 64.2 Å². The predicted octanol–water partition coefficient (Wildman–Crippen LogP) is 14.1. The van der Waals surface area contributed by atoms with Gasteiger partial charge in [0.25, 0.3) is 0 Å². The number of carbonyl (C=O) groups is 1. The highest BCUT2D eigenvalue weighted by molar-refractivity contribution is 5.76. The van der Waals surface area contributed by atoms with Crippen molar-refractivity contribution in [2.75, 3.05) is 19.8 Å². The van der Waals surface area contributed by atoms with Crippen LogP contribution in [0.2, 0.25) is 0 Å². The van der Waals surface area contributed by atoms with E-state index in [4.69, 9.17) is 18.9 Å². The van der Waals surface area contributed by atoms with Crippen molar-refractivity contribution in [2.45, 2.75) is 364 Å². The van der Waals surface area contributed by atoms with Crippen molar-refractivity contribution in [3.63, 3.8) is 0 Å². The average Bonchev–Trinajstić information content (AvgIpc) is 3.69. The summed E-state index contributed by atoms with van der Waals surface area (Å²) < 4.78 is 22.8. The van der Waals surface area contributed by atoms with Crippen molar-refractivity contribution >= 4 is 5.91 Å². The molecule has 0 aromatic carbocycles. The first-order valence-electron chi connectivity index (χ1n) is 35.0. The number of nitrogens with one attached hydrogen (secondary N) is 1. The lowest BCUT2D eigenvalue weighted by Gasteiger charge is -2.46.